The molecular formula is C26H50O4. The van der Waals surface area contributed by atoms with Gasteiger partial charge in [-0.25, -0.2) is 0 Å². The first-order chi connectivity index (χ1) is 14.6. The van der Waals surface area contributed by atoms with Gasteiger partial charge in [0.05, 0.1) is 25.4 Å². The molecule has 1 fully saturated rings. The van der Waals surface area contributed by atoms with Crippen LogP contribution in [0, 0.1) is 5.92 Å². The Bertz CT molecular complexity index is 412. The average Bonchev–Trinajstić information content (AvgIpc) is 2.74. The summed E-state index contributed by atoms with van der Waals surface area (Å²) in [6.07, 6.45) is 20.5. The monoisotopic (exact) mass is 426 g/mol. The summed E-state index contributed by atoms with van der Waals surface area (Å²) < 4.78 is 11.2. The number of rotatable bonds is 18. The first-order valence-electron chi connectivity index (χ1n) is 13.0. The van der Waals surface area contributed by atoms with Crippen LogP contribution in [0.5, 0.6) is 0 Å². The van der Waals surface area contributed by atoms with Gasteiger partial charge in [0.15, 0.2) is 0 Å². The summed E-state index contributed by atoms with van der Waals surface area (Å²) >= 11 is 0. The predicted octanol–water partition coefficient (Wildman–Crippen LogP) is 6.97. The van der Waals surface area contributed by atoms with Gasteiger partial charge in [0.2, 0.25) is 0 Å². The molecule has 0 saturated carbocycles. The minimum absolute atomic E-state index is 0.104. The number of hydrogen-bond donors (Lipinski definition) is 1. The highest BCUT2D eigenvalue weighted by molar-refractivity contribution is 5.68. The highest BCUT2D eigenvalue weighted by atomic mass is 16.5. The molecule has 4 atom stereocenters. The van der Waals surface area contributed by atoms with E-state index in [2.05, 4.69) is 13.8 Å². The summed E-state index contributed by atoms with van der Waals surface area (Å²) in [6, 6.07) is 0. The molecule has 1 aliphatic rings. The van der Waals surface area contributed by atoms with Gasteiger partial charge in [0.25, 0.3) is 0 Å². The predicted molar refractivity (Wildman–Crippen MR) is 125 cm³/mol. The summed E-state index contributed by atoms with van der Waals surface area (Å²) in [5.41, 5.74) is 0. The SMILES string of the molecule is CCCCCC[C@@H]1C[C@H](O)[C@@H](CCCCCCCC(=O)OC)[C@H](CCCCCC)O1. The van der Waals surface area contributed by atoms with Crippen LogP contribution < -0.4 is 0 Å². The summed E-state index contributed by atoms with van der Waals surface area (Å²) in [5, 5.41) is 10.9. The maximum absolute atomic E-state index is 11.2. The van der Waals surface area contributed by atoms with Gasteiger partial charge in [-0.3, -0.25) is 4.79 Å². The summed E-state index contributed by atoms with van der Waals surface area (Å²) in [4.78, 5) is 11.2. The molecule has 0 aliphatic carbocycles. The molecule has 0 aromatic heterocycles. The maximum Gasteiger partial charge on any atom is 0.305 e. The standard InChI is InChI=1S/C26H50O4/c1-4-6-8-13-17-22-21-24(27)23(25(30-22)19-15-9-7-5-2)18-14-11-10-12-16-20-26(28)29-3/h22-25,27H,4-21H2,1-3H3/t22-,23-,24+,25+/m1/s1. The molecule has 1 N–H and O–H groups in total. The zero-order valence-electron chi connectivity index (χ0n) is 20.2. The van der Waals surface area contributed by atoms with Crippen molar-refractivity contribution < 1.29 is 19.4 Å². The average molecular weight is 427 g/mol. The van der Waals surface area contributed by atoms with Crippen molar-refractivity contribution in [3.05, 3.63) is 0 Å². The van der Waals surface area contributed by atoms with Gasteiger partial charge < -0.3 is 14.6 Å². The van der Waals surface area contributed by atoms with E-state index in [1.54, 1.807) is 0 Å². The van der Waals surface area contributed by atoms with E-state index in [-0.39, 0.29) is 24.3 Å². The fraction of sp³-hybridized carbons (Fsp3) is 0.962. The molecule has 0 aromatic rings. The van der Waals surface area contributed by atoms with Gasteiger partial charge in [-0.15, -0.1) is 0 Å². The third kappa shape index (κ3) is 12.3. The zero-order valence-corrected chi connectivity index (χ0v) is 20.2. The van der Waals surface area contributed by atoms with Gasteiger partial charge in [-0.1, -0.05) is 90.9 Å². The number of aliphatic hydroxyl groups excluding tert-OH is 1. The molecule has 4 heteroatoms. The third-order valence-corrected chi connectivity index (χ3v) is 6.71. The van der Waals surface area contributed by atoms with Crippen LogP contribution in [-0.2, 0) is 14.3 Å². The second-order valence-corrected chi connectivity index (χ2v) is 9.34. The first-order valence-corrected chi connectivity index (χ1v) is 13.0. The number of ether oxygens (including phenoxy) is 2. The van der Waals surface area contributed by atoms with Crippen LogP contribution >= 0.6 is 0 Å². The lowest BCUT2D eigenvalue weighted by molar-refractivity contribution is -0.143. The minimum Gasteiger partial charge on any atom is -0.469 e. The molecule has 0 spiro atoms. The van der Waals surface area contributed by atoms with Crippen LogP contribution in [0.2, 0.25) is 0 Å². The Balaban J connectivity index is 2.37. The van der Waals surface area contributed by atoms with Gasteiger partial charge in [-0.2, -0.15) is 0 Å². The molecule has 1 aliphatic heterocycles. The van der Waals surface area contributed by atoms with Gasteiger partial charge >= 0.3 is 5.97 Å². The van der Waals surface area contributed by atoms with Gasteiger partial charge in [0.1, 0.15) is 0 Å². The molecule has 1 saturated heterocycles. The number of unbranched alkanes of at least 4 members (excludes halogenated alkanes) is 10. The van der Waals surface area contributed by atoms with Crippen LogP contribution in [0.15, 0.2) is 0 Å². The Hall–Kier alpha value is -0.610. The Morgan fingerprint density at radius 3 is 2.07 bits per heavy atom. The van der Waals surface area contributed by atoms with Crippen molar-refractivity contribution in [1.82, 2.24) is 0 Å². The fourth-order valence-electron chi connectivity index (χ4n) is 4.79. The maximum atomic E-state index is 11.2. The molecule has 4 nitrogen and oxygen atoms in total. The van der Waals surface area contributed by atoms with E-state index in [9.17, 15) is 9.90 Å². The summed E-state index contributed by atoms with van der Waals surface area (Å²) in [7, 11) is 1.45. The summed E-state index contributed by atoms with van der Waals surface area (Å²) in [6.45, 7) is 4.50. The molecule has 0 radical (unpaired) electrons. The van der Waals surface area contributed by atoms with Crippen LogP contribution in [-0.4, -0.2) is 36.5 Å². The van der Waals surface area contributed by atoms with E-state index >= 15 is 0 Å². The van der Waals surface area contributed by atoms with Crippen molar-refractivity contribution in [3.8, 4) is 0 Å². The lowest BCUT2D eigenvalue weighted by Crippen LogP contribution is -2.44. The highest BCUT2D eigenvalue weighted by Crippen LogP contribution is 2.34. The molecule has 0 amide bonds. The quantitative estimate of drug-likeness (QED) is 0.190. The summed E-state index contributed by atoms with van der Waals surface area (Å²) in [5.74, 6) is 0.196. The molecular weight excluding hydrogens is 376 g/mol. The minimum atomic E-state index is -0.203. The smallest absolute Gasteiger partial charge is 0.305 e. The molecule has 178 valence electrons. The molecule has 30 heavy (non-hydrogen) atoms. The van der Waals surface area contributed by atoms with Gasteiger partial charge in [-0.05, 0) is 32.1 Å². The van der Waals surface area contributed by atoms with E-state index in [1.807, 2.05) is 0 Å². The number of carbonyl (C=O) groups excluding carboxylic acids is 1. The number of hydrogen-bond acceptors (Lipinski definition) is 4. The fourth-order valence-corrected chi connectivity index (χ4v) is 4.79. The second-order valence-electron chi connectivity index (χ2n) is 9.34. The Kier molecular flexibility index (Phi) is 16.5. The molecule has 1 heterocycles. The number of methoxy groups -OCH3 is 1. The lowest BCUT2D eigenvalue weighted by atomic mass is 9.81. The van der Waals surface area contributed by atoms with Crippen molar-refractivity contribution in [2.75, 3.05) is 7.11 Å². The lowest BCUT2D eigenvalue weighted by Gasteiger charge is -2.40. The first kappa shape index (κ1) is 27.4. The van der Waals surface area contributed by atoms with Crippen LogP contribution in [0.25, 0.3) is 0 Å². The van der Waals surface area contributed by atoms with Crippen molar-refractivity contribution in [3.63, 3.8) is 0 Å². The second kappa shape index (κ2) is 18.0. The normalized spacial score (nSPS) is 24.1. The molecule has 0 aromatic carbocycles. The van der Waals surface area contributed by atoms with Crippen molar-refractivity contribution in [2.24, 2.45) is 5.92 Å². The van der Waals surface area contributed by atoms with Crippen molar-refractivity contribution >= 4 is 5.97 Å². The highest BCUT2D eigenvalue weighted by Gasteiger charge is 2.36. The molecule has 1 rings (SSSR count). The van der Waals surface area contributed by atoms with E-state index in [0.717, 1.165) is 51.4 Å². The zero-order chi connectivity index (χ0) is 22.0. The third-order valence-electron chi connectivity index (χ3n) is 6.71. The van der Waals surface area contributed by atoms with Gasteiger partial charge in [0, 0.05) is 12.3 Å². The van der Waals surface area contributed by atoms with E-state index in [1.165, 1.54) is 64.9 Å². The van der Waals surface area contributed by atoms with Crippen molar-refractivity contribution in [2.45, 2.75) is 148 Å². The topological polar surface area (TPSA) is 55.8 Å². The van der Waals surface area contributed by atoms with E-state index in [0.29, 0.717) is 12.3 Å². The van der Waals surface area contributed by atoms with Crippen LogP contribution in [0.3, 0.4) is 0 Å². The Morgan fingerprint density at radius 1 is 0.833 bits per heavy atom. The molecule has 0 unspecified atom stereocenters. The van der Waals surface area contributed by atoms with Crippen LogP contribution in [0.4, 0.5) is 0 Å². The number of aliphatic hydroxyl groups is 1. The Labute approximate surface area is 186 Å². The van der Waals surface area contributed by atoms with Crippen molar-refractivity contribution in [1.29, 1.82) is 0 Å². The van der Waals surface area contributed by atoms with E-state index < -0.39 is 0 Å². The van der Waals surface area contributed by atoms with Crippen LogP contribution in [0.1, 0.15) is 129 Å². The number of esters is 1. The molecule has 0 bridgehead atoms. The van der Waals surface area contributed by atoms with E-state index in [4.69, 9.17) is 9.47 Å². The Morgan fingerprint density at radius 2 is 1.40 bits per heavy atom. The largest absolute Gasteiger partial charge is 0.469 e. The number of carbonyl (C=O) groups is 1.